The molecule has 7 unspecified atom stereocenters. The second kappa shape index (κ2) is 36.2. The highest BCUT2D eigenvalue weighted by molar-refractivity contribution is 7.99. The third-order valence-corrected chi connectivity index (χ3v) is 15.2. The molecule has 0 bridgehead atoms. The third kappa shape index (κ3) is 23.9. The summed E-state index contributed by atoms with van der Waals surface area (Å²) in [5.41, 5.74) is 6.72. The summed E-state index contributed by atoms with van der Waals surface area (Å²) in [6, 6.07) is 16.7. The molecule has 0 aromatic heterocycles. The molecule has 85 heavy (non-hydrogen) atoms. The van der Waals surface area contributed by atoms with Gasteiger partial charge in [0, 0.05) is 42.9 Å². The first-order valence-corrected chi connectivity index (χ1v) is 29.6. The van der Waals surface area contributed by atoms with Gasteiger partial charge in [-0.3, -0.25) is 53.3 Å². The fourth-order valence-corrected chi connectivity index (χ4v) is 10.4. The molecule has 466 valence electrons. The first kappa shape index (κ1) is 70.7. The Morgan fingerprint density at radius 3 is 1.75 bits per heavy atom. The summed E-state index contributed by atoms with van der Waals surface area (Å²) in [6.45, 7) is 4.97. The van der Waals surface area contributed by atoms with Crippen molar-refractivity contribution in [3.05, 3.63) is 107 Å². The number of hydrogen-bond donors (Lipinski definition) is 15. The molecule has 0 radical (unpaired) electrons. The molecule has 0 aliphatic carbocycles. The highest BCUT2D eigenvalue weighted by Gasteiger charge is 2.43. The number of aliphatic hydroxyl groups is 4. The zero-order chi connectivity index (χ0) is 62.8. The van der Waals surface area contributed by atoms with Crippen molar-refractivity contribution in [3.63, 3.8) is 0 Å². The third-order valence-electron chi connectivity index (χ3n) is 13.7. The molecule has 12 atom stereocenters. The van der Waals surface area contributed by atoms with E-state index in [1.165, 1.54) is 12.1 Å². The molecule has 4 rings (SSSR count). The van der Waals surface area contributed by atoms with Crippen LogP contribution in [0.15, 0.2) is 84.9 Å². The lowest BCUT2D eigenvalue weighted by Crippen LogP contribution is -2.65. The van der Waals surface area contributed by atoms with E-state index in [2.05, 4.69) is 49.8 Å². The Morgan fingerprint density at radius 2 is 1.18 bits per heavy atom. The zero-order valence-electron chi connectivity index (χ0n) is 47.6. The number of hydrogen-bond acceptors (Lipinski definition) is 19. The van der Waals surface area contributed by atoms with E-state index in [1.54, 1.807) is 79.7 Å². The molecule has 0 saturated carbocycles. The number of amides is 6. The Labute approximate surface area is 502 Å². The molecule has 1 heterocycles. The molecular weight excluding hydrogens is 1140 g/mol. The number of rotatable bonds is 37. The summed E-state index contributed by atoms with van der Waals surface area (Å²) in [6.07, 6.45) is -10.7. The maximum Gasteiger partial charge on any atom is 0.305 e. The number of Topliss-reactive ketones (excluding diaryl/α,β-unsaturated/α-hetero) is 2. The number of carbonyl (C=O) groups is 10. The van der Waals surface area contributed by atoms with Crippen LogP contribution in [0.2, 0.25) is 0 Å². The minimum atomic E-state index is -1.95. The lowest BCUT2D eigenvalue weighted by molar-refractivity contribution is -0.205. The number of thiol groups is 1. The van der Waals surface area contributed by atoms with Gasteiger partial charge in [-0.1, -0.05) is 93.6 Å². The average Bonchev–Trinajstić information content (AvgIpc) is 3.51. The van der Waals surface area contributed by atoms with Gasteiger partial charge in [0.25, 0.3) is 5.91 Å². The van der Waals surface area contributed by atoms with Crippen molar-refractivity contribution in [2.45, 2.75) is 151 Å². The fourth-order valence-electron chi connectivity index (χ4n) is 8.98. The second-order valence-corrected chi connectivity index (χ2v) is 22.6. The molecule has 25 nitrogen and oxygen atoms in total. The lowest BCUT2D eigenvalue weighted by Gasteiger charge is -2.39. The molecule has 6 amide bonds. The van der Waals surface area contributed by atoms with Crippen molar-refractivity contribution in [2.24, 2.45) is 17.6 Å². The summed E-state index contributed by atoms with van der Waals surface area (Å²) < 4.78 is 5.55. The van der Waals surface area contributed by atoms with E-state index < -0.39 is 157 Å². The van der Waals surface area contributed by atoms with Crippen molar-refractivity contribution >= 4 is 83.3 Å². The number of nitrogens with two attached hydrogens (primary N) is 1. The maximum atomic E-state index is 14.7. The molecule has 1 saturated heterocycles. The highest BCUT2D eigenvalue weighted by Crippen LogP contribution is 2.29. The predicted octanol–water partition coefficient (Wildman–Crippen LogP) is -0.507. The standard InChI is InChI=1S/C58H80N8O17S2/c1-32(2)26-33(3)52(77)60-38(21-22-45(70)71)54(79)62-40(29-46(72)73)56(81)65-50(42(68)16-10-11-24-59)64-51(43(69)28-36-14-8-5-9-15-36)66-55(80)39(27-35-12-6-4-7-13-35)61-57(82)41(31-84)63-53(78)37-19-17-34(18-20-37)23-25-85-58-49(76)48(75)47(74)44(30-67)83-58/h4-9,12-15,17-20,32-33,38-41,44,47-51,58,64,67,74-76,84H,10-11,16,21-31,59H2,1-3H3,(H,60,77)(H,61,82)(H,62,79)(H,63,78)(H,65,81)(H,66,80)(H,70,71)(H,72,73)/t33?,38?,39?,40?,41?,44-,47+,48+,49-,50?,51?,58+/m1/s1. The van der Waals surface area contributed by atoms with E-state index >= 15 is 0 Å². The highest BCUT2D eigenvalue weighted by atomic mass is 32.2. The van der Waals surface area contributed by atoms with Gasteiger partial charge in [-0.2, -0.15) is 12.6 Å². The van der Waals surface area contributed by atoms with Crippen LogP contribution >= 0.6 is 24.4 Å². The molecule has 3 aromatic carbocycles. The number of unbranched alkanes of at least 4 members (excludes halogenated alkanes) is 1. The number of ketones is 2. The number of ether oxygens (including phenoxy) is 1. The molecule has 1 aliphatic heterocycles. The number of aryl methyl sites for hydroxylation is 1. The van der Waals surface area contributed by atoms with E-state index in [-0.39, 0.29) is 49.5 Å². The van der Waals surface area contributed by atoms with Crippen molar-refractivity contribution in [1.82, 2.24) is 37.2 Å². The Kier molecular flexibility index (Phi) is 30.1. The van der Waals surface area contributed by atoms with Crippen LogP contribution in [-0.2, 0) is 67.2 Å². The second-order valence-electron chi connectivity index (χ2n) is 21.0. The van der Waals surface area contributed by atoms with Crippen LogP contribution in [0.1, 0.15) is 92.8 Å². The number of benzene rings is 3. The van der Waals surface area contributed by atoms with Crippen molar-refractivity contribution < 1.29 is 83.3 Å². The minimum absolute atomic E-state index is 0.0775. The summed E-state index contributed by atoms with van der Waals surface area (Å²) in [4.78, 5) is 136. The van der Waals surface area contributed by atoms with Crippen molar-refractivity contribution in [1.29, 1.82) is 0 Å². The van der Waals surface area contributed by atoms with Crippen LogP contribution in [-0.4, -0.2) is 181 Å². The maximum absolute atomic E-state index is 14.7. The number of aliphatic hydroxyl groups excluding tert-OH is 4. The summed E-state index contributed by atoms with van der Waals surface area (Å²) in [5, 5.41) is 77.2. The van der Waals surface area contributed by atoms with Gasteiger partial charge in [-0.15, -0.1) is 11.8 Å². The summed E-state index contributed by atoms with van der Waals surface area (Å²) in [7, 11) is 0. The molecule has 1 aliphatic rings. The van der Waals surface area contributed by atoms with Crippen LogP contribution < -0.4 is 43.0 Å². The van der Waals surface area contributed by atoms with E-state index in [9.17, 15) is 78.6 Å². The molecule has 0 spiro atoms. The number of aliphatic carboxylic acids is 2. The number of nitrogens with one attached hydrogen (secondary N) is 7. The van der Waals surface area contributed by atoms with Gasteiger partial charge in [-0.05, 0) is 79.1 Å². The smallest absolute Gasteiger partial charge is 0.305 e. The van der Waals surface area contributed by atoms with Gasteiger partial charge in [0.1, 0.15) is 66.4 Å². The number of carboxylic acid groups (broad SMARTS) is 2. The first-order chi connectivity index (χ1) is 40.4. The predicted molar refractivity (Wildman–Crippen MR) is 315 cm³/mol. The first-order valence-electron chi connectivity index (χ1n) is 27.9. The van der Waals surface area contributed by atoms with Gasteiger partial charge in [0.15, 0.2) is 11.6 Å². The van der Waals surface area contributed by atoms with Gasteiger partial charge >= 0.3 is 11.9 Å². The van der Waals surface area contributed by atoms with Crippen LogP contribution in [0.25, 0.3) is 0 Å². The van der Waals surface area contributed by atoms with Crippen LogP contribution in [0.5, 0.6) is 0 Å². The van der Waals surface area contributed by atoms with Gasteiger partial charge in [0.05, 0.1) is 13.0 Å². The Balaban J connectivity index is 1.60. The van der Waals surface area contributed by atoms with Gasteiger partial charge < -0.3 is 73.0 Å². The van der Waals surface area contributed by atoms with Crippen LogP contribution in [0.3, 0.4) is 0 Å². The van der Waals surface area contributed by atoms with Crippen molar-refractivity contribution in [3.8, 4) is 0 Å². The quantitative estimate of drug-likeness (QED) is 0.0196. The fraction of sp³-hybridized carbons (Fsp3) is 0.517. The van der Waals surface area contributed by atoms with E-state index in [1.807, 2.05) is 13.8 Å². The van der Waals surface area contributed by atoms with Crippen LogP contribution in [0, 0.1) is 11.8 Å². The van der Waals surface area contributed by atoms with E-state index in [0.717, 1.165) is 17.3 Å². The minimum Gasteiger partial charge on any atom is -0.481 e. The Bertz CT molecular complexity index is 2690. The average molecular weight is 1230 g/mol. The van der Waals surface area contributed by atoms with E-state index in [0.29, 0.717) is 36.1 Å². The summed E-state index contributed by atoms with van der Waals surface area (Å²) in [5.74, 6) is -10.3. The zero-order valence-corrected chi connectivity index (χ0v) is 49.3. The molecule has 3 aromatic rings. The molecular formula is C58H80N8O17S2. The molecule has 1 fully saturated rings. The van der Waals surface area contributed by atoms with Gasteiger partial charge in [-0.25, -0.2) is 0 Å². The molecule has 15 N–H and O–H groups in total. The number of thioether (sulfide) groups is 1. The Morgan fingerprint density at radius 1 is 0.612 bits per heavy atom. The number of carboxylic acids is 2. The SMILES string of the molecule is CC(C)CC(C)C(=O)NC(CCC(=O)O)C(=O)NC(CC(=O)O)C(=O)NC(NC(NC(=O)C(Cc1ccccc1)NC(=O)C(CS)NC(=O)c1ccc(CCS[C@@H]2O[C@H](CO)[C@H](O)[C@H](O)[C@H]2O)cc1)C(=O)Cc1ccccc1)C(=O)CCCCN. The largest absolute Gasteiger partial charge is 0.481 e. The van der Waals surface area contributed by atoms with Crippen molar-refractivity contribution in [2.75, 3.05) is 24.7 Å². The van der Waals surface area contributed by atoms with Gasteiger partial charge in [0.2, 0.25) is 29.5 Å². The lowest BCUT2D eigenvalue weighted by atomic mass is 9.97. The topological polar surface area (TPSA) is 412 Å². The normalized spacial score (nSPS) is 19.1. The Hall–Kier alpha value is -6.82. The monoisotopic (exact) mass is 1220 g/mol. The summed E-state index contributed by atoms with van der Waals surface area (Å²) >= 11 is 5.48. The number of carbonyl (C=O) groups excluding carboxylic acids is 8. The molecule has 27 heteroatoms. The van der Waals surface area contributed by atoms with Crippen LogP contribution in [0.4, 0.5) is 0 Å². The van der Waals surface area contributed by atoms with E-state index in [4.69, 9.17) is 10.5 Å².